The summed E-state index contributed by atoms with van der Waals surface area (Å²) in [5, 5.41) is 11.7. The fourth-order valence-corrected chi connectivity index (χ4v) is 3.60. The van der Waals surface area contributed by atoms with E-state index in [2.05, 4.69) is 26.9 Å². The minimum atomic E-state index is -0.572. The van der Waals surface area contributed by atoms with Gasteiger partial charge in [0.05, 0.1) is 17.6 Å². The van der Waals surface area contributed by atoms with E-state index >= 15 is 0 Å². The fraction of sp³-hybridized carbons (Fsp3) is 0.308. The number of unbranched alkanes of at least 4 members (excludes halogenated alkanes) is 1. The summed E-state index contributed by atoms with van der Waals surface area (Å²) < 4.78 is 27.9. The average Bonchev–Trinajstić information content (AvgIpc) is 3.70. The van der Waals surface area contributed by atoms with E-state index in [4.69, 9.17) is 16.9 Å². The Kier molecular flexibility index (Phi) is 8.83. The average molecular weight is 480 g/mol. The lowest BCUT2D eigenvalue weighted by Gasteiger charge is -2.13. The molecule has 6 N–H and O–H groups in total. The second-order valence-electron chi connectivity index (χ2n) is 8.37. The SMILES string of the molecule is C=C(NC(=C\N)/C(N)=N\C(=N/C)C(=N)c1cc(F)cnc1CCCCc1ccccc1F)C1CC1. The lowest BCUT2D eigenvalue weighted by atomic mass is 10.0. The van der Waals surface area contributed by atoms with Crippen LogP contribution in [0.1, 0.15) is 42.5 Å². The number of pyridine rings is 1. The standard InChI is InChI=1S/C26H31F2N7/c1-16(17-11-12-17)34-23(14-29)25(31)35-26(32-2)24(30)20-13-19(27)15-33-22(20)10-6-4-8-18-7-3-5-9-21(18)28/h3,5,7,9,13-15,17,30,34H,1,4,6,8,10-12,29H2,2H3,(H2,31,32,35)/b23-14-,30-24?. The first-order valence-electron chi connectivity index (χ1n) is 11.5. The van der Waals surface area contributed by atoms with Crippen LogP contribution in [-0.2, 0) is 12.8 Å². The number of hydrogen-bond donors (Lipinski definition) is 4. The molecule has 184 valence electrons. The molecule has 0 atom stereocenters. The highest BCUT2D eigenvalue weighted by molar-refractivity contribution is 6.48. The first-order valence-corrected chi connectivity index (χ1v) is 11.5. The van der Waals surface area contributed by atoms with Crippen LogP contribution in [0.15, 0.2) is 70.7 Å². The van der Waals surface area contributed by atoms with Crippen LogP contribution in [0, 0.1) is 23.0 Å². The molecule has 1 aromatic carbocycles. The molecule has 0 amide bonds. The van der Waals surface area contributed by atoms with Gasteiger partial charge in [0.25, 0.3) is 0 Å². The van der Waals surface area contributed by atoms with Crippen LogP contribution < -0.4 is 16.8 Å². The highest BCUT2D eigenvalue weighted by Gasteiger charge is 2.25. The van der Waals surface area contributed by atoms with Crippen molar-refractivity contribution in [1.82, 2.24) is 10.3 Å². The third-order valence-electron chi connectivity index (χ3n) is 5.74. The molecule has 0 saturated heterocycles. The molecule has 1 aromatic heterocycles. The normalized spacial score (nSPS) is 14.7. The molecule has 1 fully saturated rings. The van der Waals surface area contributed by atoms with Gasteiger partial charge in [0.15, 0.2) is 11.7 Å². The predicted molar refractivity (Wildman–Crippen MR) is 136 cm³/mol. The summed E-state index contributed by atoms with van der Waals surface area (Å²) in [4.78, 5) is 12.5. The molecule has 3 rings (SSSR count). The number of rotatable bonds is 11. The Balaban J connectivity index is 1.71. The van der Waals surface area contributed by atoms with Crippen molar-refractivity contribution in [2.45, 2.75) is 38.5 Å². The molecule has 7 nitrogen and oxygen atoms in total. The third kappa shape index (κ3) is 7.05. The monoisotopic (exact) mass is 479 g/mol. The number of hydrogen-bond acceptors (Lipinski definition) is 5. The lowest BCUT2D eigenvalue weighted by molar-refractivity contribution is 0.598. The van der Waals surface area contributed by atoms with Crippen LogP contribution in [0.2, 0.25) is 0 Å². The van der Waals surface area contributed by atoms with E-state index in [-0.39, 0.29) is 28.8 Å². The molecule has 0 bridgehead atoms. The van der Waals surface area contributed by atoms with Gasteiger partial charge >= 0.3 is 0 Å². The van der Waals surface area contributed by atoms with E-state index in [1.165, 1.54) is 25.4 Å². The van der Waals surface area contributed by atoms with Crippen molar-refractivity contribution >= 4 is 17.4 Å². The number of amidine groups is 2. The maximum Gasteiger partial charge on any atom is 0.175 e. The Labute approximate surface area is 204 Å². The Morgan fingerprint density at radius 2 is 1.97 bits per heavy atom. The largest absolute Gasteiger partial charge is 0.403 e. The van der Waals surface area contributed by atoms with Gasteiger partial charge in [-0.25, -0.2) is 13.8 Å². The highest BCUT2D eigenvalue weighted by Crippen LogP contribution is 2.34. The molecule has 2 aromatic rings. The van der Waals surface area contributed by atoms with Gasteiger partial charge in [0.2, 0.25) is 0 Å². The van der Waals surface area contributed by atoms with Crippen LogP contribution in [0.4, 0.5) is 8.78 Å². The van der Waals surface area contributed by atoms with Crippen LogP contribution in [0.3, 0.4) is 0 Å². The maximum atomic E-state index is 14.1. The molecule has 1 saturated carbocycles. The van der Waals surface area contributed by atoms with Gasteiger partial charge in [0, 0.05) is 24.5 Å². The van der Waals surface area contributed by atoms with Crippen molar-refractivity contribution in [1.29, 1.82) is 5.41 Å². The Morgan fingerprint density at radius 3 is 2.63 bits per heavy atom. The van der Waals surface area contributed by atoms with Gasteiger partial charge < -0.3 is 16.8 Å². The van der Waals surface area contributed by atoms with Gasteiger partial charge in [0.1, 0.15) is 17.3 Å². The van der Waals surface area contributed by atoms with Crippen LogP contribution in [0.5, 0.6) is 0 Å². The Morgan fingerprint density at radius 1 is 1.26 bits per heavy atom. The number of nitrogens with zero attached hydrogens (tertiary/aromatic N) is 3. The van der Waals surface area contributed by atoms with E-state index in [0.29, 0.717) is 48.6 Å². The molecule has 1 aliphatic rings. The zero-order valence-electron chi connectivity index (χ0n) is 19.8. The third-order valence-corrected chi connectivity index (χ3v) is 5.74. The van der Waals surface area contributed by atoms with E-state index in [9.17, 15) is 8.78 Å². The van der Waals surface area contributed by atoms with Crippen molar-refractivity contribution in [3.05, 3.63) is 89.2 Å². The van der Waals surface area contributed by atoms with Crippen molar-refractivity contribution in [3.63, 3.8) is 0 Å². The van der Waals surface area contributed by atoms with Gasteiger partial charge in [-0.3, -0.25) is 15.4 Å². The van der Waals surface area contributed by atoms with Gasteiger partial charge in [-0.15, -0.1) is 0 Å². The maximum absolute atomic E-state index is 14.1. The number of nitrogens with two attached hydrogens (primary N) is 2. The number of nitrogens with one attached hydrogen (secondary N) is 2. The predicted octanol–water partition coefficient (Wildman–Crippen LogP) is 3.99. The van der Waals surface area contributed by atoms with Gasteiger partial charge in [-0.2, -0.15) is 0 Å². The molecular formula is C26H31F2N7. The van der Waals surface area contributed by atoms with Gasteiger partial charge in [-0.05, 0) is 62.1 Å². The minimum Gasteiger partial charge on any atom is -0.403 e. The highest BCUT2D eigenvalue weighted by atomic mass is 19.1. The summed E-state index contributed by atoms with van der Waals surface area (Å²) in [6.07, 6.45) is 6.99. The molecule has 1 heterocycles. The van der Waals surface area contributed by atoms with Crippen LogP contribution in [-0.4, -0.2) is 29.4 Å². The molecule has 35 heavy (non-hydrogen) atoms. The summed E-state index contributed by atoms with van der Waals surface area (Å²) in [7, 11) is 1.48. The number of halogens is 2. The van der Waals surface area contributed by atoms with E-state index in [0.717, 1.165) is 24.7 Å². The van der Waals surface area contributed by atoms with E-state index in [1.807, 2.05) is 0 Å². The minimum absolute atomic E-state index is 0.0145. The van der Waals surface area contributed by atoms with E-state index in [1.54, 1.807) is 18.2 Å². The quantitative estimate of drug-likeness (QED) is 0.221. The number of allylic oxidation sites excluding steroid dienone is 1. The molecule has 0 spiro atoms. The summed E-state index contributed by atoms with van der Waals surface area (Å²) in [5.41, 5.74) is 14.4. The smallest absolute Gasteiger partial charge is 0.175 e. The Hall–Kier alpha value is -3.88. The van der Waals surface area contributed by atoms with Crippen LogP contribution in [0.25, 0.3) is 0 Å². The summed E-state index contributed by atoms with van der Waals surface area (Å²) in [6, 6.07) is 7.91. The van der Waals surface area contributed by atoms with Gasteiger partial charge in [-0.1, -0.05) is 24.8 Å². The second kappa shape index (κ2) is 12.0. The molecule has 0 unspecified atom stereocenters. The van der Waals surface area contributed by atoms with E-state index < -0.39 is 5.82 Å². The Bertz CT molecular complexity index is 1180. The van der Waals surface area contributed by atoms with Crippen molar-refractivity contribution in [3.8, 4) is 0 Å². The molecule has 0 aliphatic heterocycles. The summed E-state index contributed by atoms with van der Waals surface area (Å²) >= 11 is 0. The number of aromatic nitrogens is 1. The first kappa shape index (κ1) is 25.7. The molecule has 1 aliphatic carbocycles. The first-order chi connectivity index (χ1) is 16.8. The zero-order valence-corrected chi connectivity index (χ0v) is 19.8. The molecule has 0 radical (unpaired) electrons. The fourth-order valence-electron chi connectivity index (χ4n) is 3.60. The summed E-state index contributed by atoms with van der Waals surface area (Å²) in [6.45, 7) is 3.99. The van der Waals surface area contributed by atoms with Crippen LogP contribution >= 0.6 is 0 Å². The zero-order chi connectivity index (χ0) is 25.4. The van der Waals surface area contributed by atoms with Crippen molar-refractivity contribution < 1.29 is 8.78 Å². The van der Waals surface area contributed by atoms with Crippen molar-refractivity contribution in [2.24, 2.45) is 27.4 Å². The second-order valence-corrected chi connectivity index (χ2v) is 8.37. The number of aliphatic imine (C=N–C) groups is 2. The number of benzene rings is 1. The molecule has 9 heteroatoms. The molecular weight excluding hydrogens is 448 g/mol. The lowest BCUT2D eigenvalue weighted by Crippen LogP contribution is -2.30. The topological polar surface area (TPSA) is 126 Å². The number of aryl methyl sites for hydroxylation is 2. The van der Waals surface area contributed by atoms with Crippen molar-refractivity contribution in [2.75, 3.05) is 7.05 Å². The summed E-state index contributed by atoms with van der Waals surface area (Å²) in [5.74, 6) is -0.363.